The second kappa shape index (κ2) is 7.33. The first-order chi connectivity index (χ1) is 14.2. The van der Waals surface area contributed by atoms with Gasteiger partial charge in [0.05, 0.1) is 6.04 Å². The van der Waals surface area contributed by atoms with E-state index in [4.69, 9.17) is 4.74 Å². The molecule has 7 nitrogen and oxygen atoms in total. The predicted octanol–water partition coefficient (Wildman–Crippen LogP) is 2.31. The highest BCUT2D eigenvalue weighted by Crippen LogP contribution is 2.39. The van der Waals surface area contributed by atoms with Gasteiger partial charge in [0.2, 0.25) is 5.91 Å². The van der Waals surface area contributed by atoms with Crippen molar-refractivity contribution in [1.82, 2.24) is 20.2 Å². The van der Waals surface area contributed by atoms with Crippen molar-refractivity contribution >= 4 is 22.7 Å². The molecule has 7 heteroatoms. The number of nitrogens with zero attached hydrogens (tertiary/aromatic N) is 2. The molecule has 0 unspecified atom stereocenters. The minimum atomic E-state index is -0.761. The van der Waals surface area contributed by atoms with Crippen LogP contribution in [0.5, 0.6) is 0 Å². The topological polar surface area (TPSA) is 87.3 Å². The number of aromatic amines is 1. The fourth-order valence-corrected chi connectivity index (χ4v) is 4.10. The predicted molar refractivity (Wildman–Crippen MR) is 107 cm³/mol. The molecular weight excluding hydrogens is 368 g/mol. The third-order valence-corrected chi connectivity index (χ3v) is 5.62. The van der Waals surface area contributed by atoms with Crippen LogP contribution >= 0.6 is 0 Å². The van der Waals surface area contributed by atoms with E-state index in [0.29, 0.717) is 6.54 Å². The second-order valence-electron chi connectivity index (χ2n) is 7.57. The molecule has 0 radical (unpaired) electrons. The van der Waals surface area contributed by atoms with E-state index < -0.39 is 12.1 Å². The Hall–Kier alpha value is -3.19. The van der Waals surface area contributed by atoms with Gasteiger partial charge in [0, 0.05) is 42.1 Å². The summed E-state index contributed by atoms with van der Waals surface area (Å²) in [6.07, 6.45) is 6.45. The molecule has 5 rings (SSSR count). The van der Waals surface area contributed by atoms with Gasteiger partial charge < -0.3 is 19.9 Å². The number of morpholine rings is 1. The molecule has 2 fully saturated rings. The number of nitrogens with one attached hydrogen (secondary N) is 2. The summed E-state index contributed by atoms with van der Waals surface area (Å²) in [5, 5.41) is 4.09. The van der Waals surface area contributed by atoms with Crippen LogP contribution in [-0.2, 0) is 20.9 Å². The fraction of sp³-hybridized carbons (Fsp3) is 0.318. The Bertz CT molecular complexity index is 1040. The first-order valence-electron chi connectivity index (χ1n) is 9.88. The maximum atomic E-state index is 13.1. The molecule has 29 heavy (non-hydrogen) atoms. The Labute approximate surface area is 168 Å². The summed E-state index contributed by atoms with van der Waals surface area (Å²) in [7, 11) is 0. The summed E-state index contributed by atoms with van der Waals surface area (Å²) < 4.78 is 5.75. The largest absolute Gasteiger partial charge is 0.361 e. The number of carbonyl (C=O) groups excluding carboxylic acids is 2. The number of fused-ring (bicyclic) bond motifs is 1. The molecule has 3 heterocycles. The number of pyridine rings is 1. The van der Waals surface area contributed by atoms with E-state index in [1.165, 1.54) is 0 Å². The van der Waals surface area contributed by atoms with E-state index >= 15 is 0 Å². The summed E-state index contributed by atoms with van der Waals surface area (Å²) in [6.45, 7) is 0.323. The molecule has 2 atom stereocenters. The monoisotopic (exact) mass is 390 g/mol. The van der Waals surface area contributed by atoms with Gasteiger partial charge in [-0.3, -0.25) is 14.6 Å². The average molecular weight is 390 g/mol. The molecule has 2 N–H and O–H groups in total. The highest BCUT2D eigenvalue weighted by Gasteiger charge is 2.47. The van der Waals surface area contributed by atoms with E-state index in [1.807, 2.05) is 47.5 Å². The molecule has 2 aliphatic rings. The first-order valence-corrected chi connectivity index (χ1v) is 9.88. The number of ether oxygens (including phenoxy) is 1. The molecule has 2 aromatic heterocycles. The highest BCUT2D eigenvalue weighted by atomic mass is 16.5. The van der Waals surface area contributed by atoms with E-state index in [-0.39, 0.29) is 24.5 Å². The van der Waals surface area contributed by atoms with Gasteiger partial charge in [0.1, 0.15) is 6.61 Å². The number of benzene rings is 1. The van der Waals surface area contributed by atoms with E-state index in [1.54, 1.807) is 12.4 Å². The molecule has 1 saturated carbocycles. The number of hydrogen-bond acceptors (Lipinski definition) is 4. The van der Waals surface area contributed by atoms with Gasteiger partial charge in [-0.25, -0.2) is 0 Å². The van der Waals surface area contributed by atoms with Crippen LogP contribution < -0.4 is 5.32 Å². The summed E-state index contributed by atoms with van der Waals surface area (Å²) in [4.78, 5) is 34.9. The highest BCUT2D eigenvalue weighted by molar-refractivity contribution is 5.87. The van der Waals surface area contributed by atoms with Crippen molar-refractivity contribution in [2.45, 2.75) is 37.6 Å². The zero-order chi connectivity index (χ0) is 19.8. The standard InChI is InChI=1S/C22H22N4O3/c27-19-13-29-21(20(26(19)16-6-7-16)15-4-2-9-23-11-15)22(28)25-12-14-3-1-5-18-17(14)8-10-24-18/h1-5,8-11,16,20-21,24H,6-7,12-13H2,(H,25,28)/t20-,21+/m1/s1. The molecule has 0 bridgehead atoms. The Morgan fingerprint density at radius 3 is 2.93 bits per heavy atom. The molecule has 1 saturated heterocycles. The summed E-state index contributed by atoms with van der Waals surface area (Å²) in [5.41, 5.74) is 2.88. The maximum Gasteiger partial charge on any atom is 0.251 e. The van der Waals surface area contributed by atoms with Gasteiger partial charge in [0.25, 0.3) is 5.91 Å². The number of H-pyrrole nitrogens is 1. The Balaban J connectivity index is 1.39. The zero-order valence-electron chi connectivity index (χ0n) is 15.9. The van der Waals surface area contributed by atoms with Crippen LogP contribution in [0.3, 0.4) is 0 Å². The van der Waals surface area contributed by atoms with E-state index in [2.05, 4.69) is 15.3 Å². The lowest BCUT2D eigenvalue weighted by atomic mass is 9.98. The lowest BCUT2D eigenvalue weighted by Gasteiger charge is -2.40. The minimum Gasteiger partial charge on any atom is -0.361 e. The number of aromatic nitrogens is 2. The Kier molecular flexibility index (Phi) is 4.52. The van der Waals surface area contributed by atoms with Crippen LogP contribution in [0.4, 0.5) is 0 Å². The lowest BCUT2D eigenvalue weighted by molar-refractivity contribution is -0.165. The van der Waals surface area contributed by atoms with E-state index in [9.17, 15) is 9.59 Å². The summed E-state index contributed by atoms with van der Waals surface area (Å²) in [5.74, 6) is -0.285. The van der Waals surface area contributed by atoms with Gasteiger partial charge in [-0.05, 0) is 42.2 Å². The van der Waals surface area contributed by atoms with E-state index in [0.717, 1.165) is 34.9 Å². The third-order valence-electron chi connectivity index (χ3n) is 5.62. The Morgan fingerprint density at radius 1 is 1.24 bits per heavy atom. The fourth-order valence-electron chi connectivity index (χ4n) is 4.10. The smallest absolute Gasteiger partial charge is 0.251 e. The molecule has 0 spiro atoms. The van der Waals surface area contributed by atoms with Crippen LogP contribution in [0.2, 0.25) is 0 Å². The first kappa shape index (κ1) is 17.9. The van der Waals surface area contributed by atoms with Crippen LogP contribution in [0, 0.1) is 0 Å². The molecule has 3 aromatic rings. The maximum absolute atomic E-state index is 13.1. The molecule has 2 amide bonds. The normalized spacial score (nSPS) is 22.1. The van der Waals surface area contributed by atoms with Crippen molar-refractivity contribution in [2.24, 2.45) is 0 Å². The molecule has 148 valence electrons. The van der Waals surface area contributed by atoms with Gasteiger partial charge in [-0.1, -0.05) is 18.2 Å². The van der Waals surface area contributed by atoms with Crippen LogP contribution in [0.15, 0.2) is 55.0 Å². The van der Waals surface area contributed by atoms with Gasteiger partial charge >= 0.3 is 0 Å². The third kappa shape index (κ3) is 3.38. The number of amides is 2. The van der Waals surface area contributed by atoms with Crippen molar-refractivity contribution in [1.29, 1.82) is 0 Å². The van der Waals surface area contributed by atoms with Crippen molar-refractivity contribution in [2.75, 3.05) is 6.61 Å². The number of carbonyl (C=O) groups is 2. The van der Waals surface area contributed by atoms with Gasteiger partial charge in [-0.15, -0.1) is 0 Å². The number of rotatable bonds is 5. The lowest BCUT2D eigenvalue weighted by Crippen LogP contribution is -2.55. The Morgan fingerprint density at radius 2 is 2.14 bits per heavy atom. The second-order valence-corrected chi connectivity index (χ2v) is 7.57. The molecule has 1 aromatic carbocycles. The number of hydrogen-bond donors (Lipinski definition) is 2. The van der Waals surface area contributed by atoms with Crippen LogP contribution in [0.1, 0.15) is 30.0 Å². The SMILES string of the molecule is O=C(NCc1cccc2[nH]ccc12)[C@H]1OCC(=O)N(C2CC2)[C@@H]1c1cccnc1. The van der Waals surface area contributed by atoms with Gasteiger partial charge in [-0.2, -0.15) is 0 Å². The van der Waals surface area contributed by atoms with Gasteiger partial charge in [0.15, 0.2) is 6.10 Å². The summed E-state index contributed by atoms with van der Waals surface area (Å²) in [6, 6.07) is 11.4. The molecule has 1 aliphatic heterocycles. The van der Waals surface area contributed by atoms with Crippen LogP contribution in [-0.4, -0.2) is 45.4 Å². The van der Waals surface area contributed by atoms with Crippen molar-refractivity contribution in [3.8, 4) is 0 Å². The molecular formula is C22H22N4O3. The average Bonchev–Trinajstić information content (AvgIpc) is 3.47. The van der Waals surface area contributed by atoms with Crippen molar-refractivity contribution in [3.05, 3.63) is 66.1 Å². The van der Waals surface area contributed by atoms with Crippen molar-refractivity contribution in [3.63, 3.8) is 0 Å². The van der Waals surface area contributed by atoms with Crippen molar-refractivity contribution < 1.29 is 14.3 Å². The van der Waals surface area contributed by atoms with Crippen LogP contribution in [0.25, 0.3) is 10.9 Å². The molecule has 1 aliphatic carbocycles. The summed E-state index contributed by atoms with van der Waals surface area (Å²) >= 11 is 0. The zero-order valence-corrected chi connectivity index (χ0v) is 15.9. The quantitative estimate of drug-likeness (QED) is 0.700. The minimum absolute atomic E-state index is 0.0671.